The molecule has 0 saturated heterocycles. The number of esters is 2. The predicted octanol–water partition coefficient (Wildman–Crippen LogP) is 18.9. The summed E-state index contributed by atoms with van der Waals surface area (Å²) < 4.78 is 22.8. The number of unbranched alkanes of at least 4 members (excludes halogenated alkanes) is 43. The number of carbonyl (C=O) groups is 3. The Bertz CT molecular complexity index is 1200. The summed E-state index contributed by atoms with van der Waals surface area (Å²) in [6.45, 7) is 4.89. The number of carbonyl (C=O) groups excluding carboxylic acids is 2. The Morgan fingerprint density at radius 3 is 1.04 bits per heavy atom. The summed E-state index contributed by atoms with van der Waals surface area (Å²) in [6.07, 6.45) is 63.5. The number of ether oxygens (including phenoxy) is 4. The van der Waals surface area contributed by atoms with Gasteiger partial charge in [-0.15, -0.1) is 0 Å². The fraction of sp³-hybridized carbons (Fsp3) is 0.922. The highest BCUT2D eigenvalue weighted by Gasteiger charge is 2.25. The van der Waals surface area contributed by atoms with Crippen molar-refractivity contribution in [3.05, 3.63) is 12.2 Å². The monoisotopic (exact) mass is 1030 g/mol. The van der Waals surface area contributed by atoms with Crippen LogP contribution in [0, 0.1) is 0 Å². The summed E-state index contributed by atoms with van der Waals surface area (Å²) in [5, 5.41) is 9.68. The van der Waals surface area contributed by atoms with Crippen molar-refractivity contribution in [3.8, 4) is 0 Å². The van der Waals surface area contributed by atoms with Gasteiger partial charge in [0.15, 0.2) is 6.10 Å². The van der Waals surface area contributed by atoms with E-state index in [-0.39, 0.29) is 32.2 Å². The van der Waals surface area contributed by atoms with E-state index >= 15 is 0 Å². The van der Waals surface area contributed by atoms with Crippen LogP contribution in [-0.2, 0) is 33.3 Å². The zero-order chi connectivity index (χ0) is 53.4. The summed E-state index contributed by atoms with van der Waals surface area (Å²) in [5.74, 6) is -2.00. The maximum absolute atomic E-state index is 12.8. The summed E-state index contributed by atoms with van der Waals surface area (Å²) in [7, 11) is 5.97. The van der Waals surface area contributed by atoms with Crippen molar-refractivity contribution in [2.24, 2.45) is 0 Å². The van der Waals surface area contributed by atoms with E-state index in [4.69, 9.17) is 18.9 Å². The molecule has 73 heavy (non-hydrogen) atoms. The number of likely N-dealkylation sites (N-methyl/N-ethyl adjacent to an activating group) is 1. The number of rotatable bonds is 60. The minimum atomic E-state index is -1.51. The van der Waals surface area contributed by atoms with E-state index in [0.717, 1.165) is 51.4 Å². The van der Waals surface area contributed by atoms with Gasteiger partial charge in [0.25, 0.3) is 6.29 Å². The van der Waals surface area contributed by atoms with Crippen LogP contribution >= 0.6 is 0 Å². The molecule has 0 aliphatic rings. The van der Waals surface area contributed by atoms with Crippen molar-refractivity contribution >= 4 is 17.9 Å². The van der Waals surface area contributed by atoms with Crippen molar-refractivity contribution in [1.29, 1.82) is 0 Å². The van der Waals surface area contributed by atoms with Crippen LogP contribution in [0.3, 0.4) is 0 Å². The first kappa shape index (κ1) is 71.0. The molecule has 9 nitrogen and oxygen atoms in total. The summed E-state index contributed by atoms with van der Waals surface area (Å²) in [4.78, 5) is 37.3. The fourth-order valence-electron chi connectivity index (χ4n) is 9.60. The van der Waals surface area contributed by atoms with E-state index in [1.54, 1.807) is 0 Å². The van der Waals surface area contributed by atoms with Crippen molar-refractivity contribution in [2.75, 3.05) is 47.5 Å². The first-order chi connectivity index (χ1) is 35.6. The molecule has 0 heterocycles. The Morgan fingerprint density at radius 1 is 0.397 bits per heavy atom. The molecule has 0 saturated carbocycles. The molecule has 2 unspecified atom stereocenters. The van der Waals surface area contributed by atoms with E-state index in [9.17, 15) is 19.5 Å². The molecule has 0 aliphatic heterocycles. The second-order valence-corrected chi connectivity index (χ2v) is 23.1. The molecule has 0 aromatic rings. The summed E-state index contributed by atoms with van der Waals surface area (Å²) >= 11 is 0. The van der Waals surface area contributed by atoms with E-state index in [0.29, 0.717) is 23.9 Å². The second kappa shape index (κ2) is 56.2. The third-order valence-electron chi connectivity index (χ3n) is 14.5. The summed E-state index contributed by atoms with van der Waals surface area (Å²) in [6, 6.07) is 0. The van der Waals surface area contributed by atoms with Crippen LogP contribution in [0.4, 0.5) is 0 Å². The highest BCUT2D eigenvalue weighted by atomic mass is 16.7. The number of hydrogen-bond donors (Lipinski definition) is 1. The second-order valence-electron chi connectivity index (χ2n) is 23.1. The van der Waals surface area contributed by atoms with Crippen molar-refractivity contribution in [1.82, 2.24) is 0 Å². The molecule has 432 valence electrons. The Balaban J connectivity index is 3.89. The lowest BCUT2D eigenvalue weighted by Gasteiger charge is -2.25. The van der Waals surface area contributed by atoms with E-state index < -0.39 is 24.3 Å². The zero-order valence-electron chi connectivity index (χ0n) is 49.3. The van der Waals surface area contributed by atoms with Crippen LogP contribution in [0.5, 0.6) is 0 Å². The minimum Gasteiger partial charge on any atom is -0.477 e. The molecule has 0 radical (unpaired) electrons. The van der Waals surface area contributed by atoms with Gasteiger partial charge in [-0.3, -0.25) is 9.59 Å². The lowest BCUT2D eigenvalue weighted by Crippen LogP contribution is -2.40. The van der Waals surface area contributed by atoms with Gasteiger partial charge in [-0.05, 0) is 38.5 Å². The molecule has 9 heteroatoms. The zero-order valence-corrected chi connectivity index (χ0v) is 49.3. The number of hydrogen-bond acceptors (Lipinski definition) is 7. The number of aliphatic carboxylic acids is 1. The Hall–Kier alpha value is -1.97. The molecule has 0 spiro atoms. The van der Waals surface area contributed by atoms with Gasteiger partial charge in [-0.2, -0.15) is 0 Å². The molecule has 0 amide bonds. The van der Waals surface area contributed by atoms with Crippen LogP contribution in [0.25, 0.3) is 0 Å². The Morgan fingerprint density at radius 2 is 0.699 bits per heavy atom. The maximum Gasteiger partial charge on any atom is 0.361 e. The molecule has 0 aromatic heterocycles. The SMILES string of the molecule is CCCCC/C=C\CCCCCCCC(=O)OC(COC(=O)CCCCCCCCCCCCCCCCCCCCCCCCCCCCCCCCCCCCCC)COC(OCC[N+](C)(C)C)C(=O)O. The van der Waals surface area contributed by atoms with Crippen LogP contribution in [-0.4, -0.2) is 87.4 Å². The first-order valence-electron chi connectivity index (χ1n) is 31.9. The van der Waals surface area contributed by atoms with Crippen LogP contribution < -0.4 is 0 Å². The molecule has 0 rings (SSSR count). The Kier molecular flexibility index (Phi) is 54.7. The van der Waals surface area contributed by atoms with E-state index in [1.165, 1.54) is 238 Å². The normalized spacial score (nSPS) is 12.7. The van der Waals surface area contributed by atoms with Crippen LogP contribution in [0.2, 0.25) is 0 Å². The Labute approximate surface area is 453 Å². The van der Waals surface area contributed by atoms with Crippen LogP contribution in [0.1, 0.15) is 322 Å². The lowest BCUT2D eigenvalue weighted by molar-refractivity contribution is -0.870. The fourth-order valence-corrected chi connectivity index (χ4v) is 9.60. The standard InChI is InChI=1S/C64H123NO8/c1-6-8-10-12-14-16-18-20-21-22-23-24-25-26-27-28-29-30-31-32-33-34-35-36-37-38-39-40-41-42-43-45-46-48-50-52-54-61(66)71-58-60(59-72-64(63(68)69)70-57-56-65(3,4)5)73-62(67)55-53-51-49-47-44-19-17-15-13-11-9-7-2/h15,17,60,64H,6-14,16,18-59H2,1-5H3/p+1/b17-15-. The molecule has 0 fully saturated rings. The smallest absolute Gasteiger partial charge is 0.361 e. The molecule has 0 bridgehead atoms. The number of allylic oxidation sites excluding steroid dienone is 2. The largest absolute Gasteiger partial charge is 0.477 e. The highest BCUT2D eigenvalue weighted by molar-refractivity contribution is 5.71. The van der Waals surface area contributed by atoms with Gasteiger partial charge < -0.3 is 28.5 Å². The van der Waals surface area contributed by atoms with E-state index in [1.807, 2.05) is 21.1 Å². The topological polar surface area (TPSA) is 108 Å². The third kappa shape index (κ3) is 57.6. The summed E-state index contributed by atoms with van der Waals surface area (Å²) in [5.41, 5.74) is 0. The molecule has 0 aromatic carbocycles. The van der Waals surface area contributed by atoms with Gasteiger partial charge in [0, 0.05) is 12.8 Å². The van der Waals surface area contributed by atoms with Gasteiger partial charge in [-0.1, -0.05) is 283 Å². The molecular weight excluding hydrogens is 911 g/mol. The minimum absolute atomic E-state index is 0.179. The van der Waals surface area contributed by atoms with Gasteiger partial charge >= 0.3 is 17.9 Å². The van der Waals surface area contributed by atoms with Gasteiger partial charge in [0.05, 0.1) is 34.4 Å². The molecule has 0 aliphatic carbocycles. The number of quaternary nitrogens is 1. The van der Waals surface area contributed by atoms with Gasteiger partial charge in [0.2, 0.25) is 0 Å². The maximum atomic E-state index is 12.8. The van der Waals surface area contributed by atoms with Gasteiger partial charge in [-0.25, -0.2) is 4.79 Å². The third-order valence-corrected chi connectivity index (χ3v) is 14.5. The average molecular weight is 1040 g/mol. The van der Waals surface area contributed by atoms with Crippen molar-refractivity contribution in [3.63, 3.8) is 0 Å². The highest BCUT2D eigenvalue weighted by Crippen LogP contribution is 2.18. The number of nitrogens with zero attached hydrogens (tertiary/aromatic N) is 1. The average Bonchev–Trinajstić information content (AvgIpc) is 3.36. The predicted molar refractivity (Wildman–Crippen MR) is 309 cm³/mol. The molecule has 1 N–H and O–H groups in total. The lowest BCUT2D eigenvalue weighted by atomic mass is 10.0. The first-order valence-corrected chi connectivity index (χ1v) is 31.9. The molecule has 2 atom stereocenters. The van der Waals surface area contributed by atoms with Crippen molar-refractivity contribution < 1.29 is 42.9 Å². The van der Waals surface area contributed by atoms with E-state index in [2.05, 4.69) is 26.0 Å². The van der Waals surface area contributed by atoms with Crippen molar-refractivity contribution in [2.45, 2.75) is 334 Å². The van der Waals surface area contributed by atoms with Crippen LogP contribution in [0.15, 0.2) is 12.2 Å². The molecular formula is C64H124NO8+. The number of carboxylic acid groups (broad SMARTS) is 1. The number of carboxylic acids is 1. The quantitative estimate of drug-likeness (QED) is 0.0211. The van der Waals surface area contributed by atoms with Gasteiger partial charge in [0.1, 0.15) is 13.2 Å².